The van der Waals surface area contributed by atoms with Gasteiger partial charge in [0, 0.05) is 44.0 Å². The predicted molar refractivity (Wildman–Crippen MR) is 97.4 cm³/mol. The molecule has 4 heteroatoms. The van der Waals surface area contributed by atoms with Crippen LogP contribution in [0.3, 0.4) is 0 Å². The Kier molecular flexibility index (Phi) is 4.34. The molecule has 0 radical (unpaired) electrons. The minimum absolute atomic E-state index is 0.206. The molecule has 2 heterocycles. The quantitative estimate of drug-likeness (QED) is 0.735. The van der Waals surface area contributed by atoms with E-state index in [1.807, 2.05) is 35.4 Å². The van der Waals surface area contributed by atoms with Crippen LogP contribution in [0.25, 0.3) is 5.69 Å². The van der Waals surface area contributed by atoms with Gasteiger partial charge in [0.05, 0.1) is 0 Å². The normalized spacial score (nSPS) is 13.5. The molecule has 0 fully saturated rings. The van der Waals surface area contributed by atoms with Gasteiger partial charge in [0.15, 0.2) is 0 Å². The summed E-state index contributed by atoms with van der Waals surface area (Å²) >= 11 is 0. The number of carbonyl (C=O) groups excluding carboxylic acids is 1. The minimum Gasteiger partial charge on any atom is -0.338 e. The molecule has 0 spiro atoms. The summed E-state index contributed by atoms with van der Waals surface area (Å²) in [4.78, 5) is 19.0. The van der Waals surface area contributed by atoms with Gasteiger partial charge in [-0.2, -0.15) is 0 Å². The van der Waals surface area contributed by atoms with Crippen LogP contribution in [0.5, 0.6) is 0 Å². The monoisotopic (exact) mass is 331 g/mol. The summed E-state index contributed by atoms with van der Waals surface area (Å²) in [5, 5.41) is 0. The number of amides is 1. The standard InChI is InChI=1S/C21H21N3O/c25-21(23-14-12-17-6-4-5-7-18(17)16-23)11-10-20-22-13-15-24(20)19-8-2-1-3-9-19/h1-9,13,15H,10-12,14,16H2. The lowest BCUT2D eigenvalue weighted by molar-refractivity contribution is -0.132. The fourth-order valence-electron chi connectivity index (χ4n) is 3.43. The van der Waals surface area contributed by atoms with Crippen molar-refractivity contribution in [1.82, 2.24) is 14.5 Å². The number of aryl methyl sites for hydroxylation is 1. The maximum atomic E-state index is 12.6. The fraction of sp³-hybridized carbons (Fsp3) is 0.238. The van der Waals surface area contributed by atoms with Crippen molar-refractivity contribution < 1.29 is 4.79 Å². The average Bonchev–Trinajstić information content (AvgIpc) is 3.15. The zero-order chi connectivity index (χ0) is 17.1. The summed E-state index contributed by atoms with van der Waals surface area (Å²) in [6.45, 7) is 1.53. The van der Waals surface area contributed by atoms with E-state index in [0.29, 0.717) is 12.8 Å². The summed E-state index contributed by atoms with van der Waals surface area (Å²) in [7, 11) is 0. The molecule has 0 saturated heterocycles. The molecule has 1 aromatic heterocycles. The third kappa shape index (κ3) is 3.33. The SMILES string of the molecule is O=C(CCc1nccn1-c1ccccc1)N1CCc2ccccc2C1. The number of fused-ring (bicyclic) bond motifs is 1. The van der Waals surface area contributed by atoms with Gasteiger partial charge in [0.25, 0.3) is 0 Å². The van der Waals surface area contributed by atoms with E-state index in [2.05, 4.69) is 39.9 Å². The zero-order valence-corrected chi connectivity index (χ0v) is 14.1. The first-order valence-corrected chi connectivity index (χ1v) is 8.73. The molecule has 4 nitrogen and oxygen atoms in total. The van der Waals surface area contributed by atoms with Crippen LogP contribution in [0, 0.1) is 0 Å². The summed E-state index contributed by atoms with van der Waals surface area (Å²) in [6.07, 6.45) is 5.83. The number of benzene rings is 2. The highest BCUT2D eigenvalue weighted by molar-refractivity contribution is 5.76. The number of para-hydroxylation sites is 1. The van der Waals surface area contributed by atoms with E-state index in [9.17, 15) is 4.79 Å². The fourth-order valence-corrected chi connectivity index (χ4v) is 3.43. The molecule has 0 unspecified atom stereocenters. The highest BCUT2D eigenvalue weighted by Gasteiger charge is 2.20. The first-order chi connectivity index (χ1) is 12.3. The second-order valence-electron chi connectivity index (χ2n) is 6.38. The summed E-state index contributed by atoms with van der Waals surface area (Å²) < 4.78 is 2.05. The van der Waals surface area contributed by atoms with Crippen molar-refractivity contribution in [2.75, 3.05) is 6.54 Å². The lowest BCUT2D eigenvalue weighted by Crippen LogP contribution is -2.36. The Morgan fingerprint density at radius 1 is 1.00 bits per heavy atom. The molecule has 1 aliphatic rings. The van der Waals surface area contributed by atoms with Crippen LogP contribution in [0.4, 0.5) is 0 Å². The van der Waals surface area contributed by atoms with Crippen molar-refractivity contribution in [1.29, 1.82) is 0 Å². The highest BCUT2D eigenvalue weighted by Crippen LogP contribution is 2.19. The molecule has 126 valence electrons. The molecule has 0 atom stereocenters. The average molecular weight is 331 g/mol. The van der Waals surface area contributed by atoms with Crippen molar-refractivity contribution in [2.45, 2.75) is 25.8 Å². The van der Waals surface area contributed by atoms with Crippen molar-refractivity contribution in [3.8, 4) is 5.69 Å². The maximum absolute atomic E-state index is 12.6. The lowest BCUT2D eigenvalue weighted by Gasteiger charge is -2.29. The highest BCUT2D eigenvalue weighted by atomic mass is 16.2. The summed E-state index contributed by atoms with van der Waals surface area (Å²) in [5.74, 6) is 1.13. The van der Waals surface area contributed by atoms with E-state index in [1.165, 1.54) is 11.1 Å². The van der Waals surface area contributed by atoms with E-state index >= 15 is 0 Å². The molecule has 0 N–H and O–H groups in total. The van der Waals surface area contributed by atoms with Gasteiger partial charge >= 0.3 is 0 Å². The number of hydrogen-bond acceptors (Lipinski definition) is 2. The molecular weight excluding hydrogens is 310 g/mol. The van der Waals surface area contributed by atoms with E-state index < -0.39 is 0 Å². The van der Waals surface area contributed by atoms with E-state index in [-0.39, 0.29) is 5.91 Å². The lowest BCUT2D eigenvalue weighted by atomic mass is 9.99. The number of hydrogen-bond donors (Lipinski definition) is 0. The van der Waals surface area contributed by atoms with Gasteiger partial charge in [-0.05, 0) is 29.7 Å². The Labute approximate surface area is 147 Å². The number of aromatic nitrogens is 2. The van der Waals surface area contributed by atoms with Gasteiger partial charge in [0.1, 0.15) is 5.82 Å². The first-order valence-electron chi connectivity index (χ1n) is 8.73. The van der Waals surface area contributed by atoms with Crippen LogP contribution in [0.1, 0.15) is 23.4 Å². The van der Waals surface area contributed by atoms with Crippen LogP contribution in [-0.4, -0.2) is 26.9 Å². The molecule has 25 heavy (non-hydrogen) atoms. The Morgan fingerprint density at radius 3 is 2.60 bits per heavy atom. The van der Waals surface area contributed by atoms with E-state index in [0.717, 1.165) is 31.0 Å². The topological polar surface area (TPSA) is 38.1 Å². The Balaban J connectivity index is 1.41. The zero-order valence-electron chi connectivity index (χ0n) is 14.1. The van der Waals surface area contributed by atoms with Gasteiger partial charge in [-0.3, -0.25) is 4.79 Å². The van der Waals surface area contributed by atoms with Crippen molar-refractivity contribution >= 4 is 5.91 Å². The van der Waals surface area contributed by atoms with Crippen LogP contribution < -0.4 is 0 Å². The molecule has 3 aromatic rings. The molecule has 0 saturated carbocycles. The van der Waals surface area contributed by atoms with Gasteiger partial charge in [-0.15, -0.1) is 0 Å². The molecule has 1 aliphatic heterocycles. The molecule has 0 aliphatic carbocycles. The third-order valence-corrected chi connectivity index (χ3v) is 4.80. The number of rotatable bonds is 4. The van der Waals surface area contributed by atoms with Crippen LogP contribution in [0.15, 0.2) is 67.0 Å². The molecule has 4 rings (SSSR count). The molecular formula is C21H21N3O. The third-order valence-electron chi connectivity index (χ3n) is 4.80. The summed E-state index contributed by atoms with van der Waals surface area (Å²) in [6, 6.07) is 18.5. The van der Waals surface area contributed by atoms with Gasteiger partial charge < -0.3 is 9.47 Å². The molecule has 1 amide bonds. The van der Waals surface area contributed by atoms with Crippen LogP contribution >= 0.6 is 0 Å². The number of carbonyl (C=O) groups is 1. The van der Waals surface area contributed by atoms with Gasteiger partial charge in [0.2, 0.25) is 5.91 Å². The van der Waals surface area contributed by atoms with Gasteiger partial charge in [-0.25, -0.2) is 4.98 Å². The first kappa shape index (κ1) is 15.6. The predicted octanol–water partition coefficient (Wildman–Crippen LogP) is 3.39. The molecule has 2 aromatic carbocycles. The smallest absolute Gasteiger partial charge is 0.223 e. The van der Waals surface area contributed by atoms with Crippen molar-refractivity contribution in [3.05, 3.63) is 83.9 Å². The second kappa shape index (κ2) is 6.93. The summed E-state index contributed by atoms with van der Waals surface area (Å²) in [5.41, 5.74) is 3.72. The van der Waals surface area contributed by atoms with Crippen molar-refractivity contribution in [3.63, 3.8) is 0 Å². The van der Waals surface area contributed by atoms with Crippen LogP contribution in [-0.2, 0) is 24.2 Å². The Bertz CT molecular complexity index is 870. The van der Waals surface area contributed by atoms with E-state index in [4.69, 9.17) is 0 Å². The largest absolute Gasteiger partial charge is 0.338 e. The van der Waals surface area contributed by atoms with E-state index in [1.54, 1.807) is 6.20 Å². The van der Waals surface area contributed by atoms with Gasteiger partial charge in [-0.1, -0.05) is 42.5 Å². The van der Waals surface area contributed by atoms with Crippen LogP contribution in [0.2, 0.25) is 0 Å². The Hall–Kier alpha value is -2.88. The number of nitrogens with zero attached hydrogens (tertiary/aromatic N) is 3. The molecule has 0 bridgehead atoms. The Morgan fingerprint density at radius 2 is 1.76 bits per heavy atom. The minimum atomic E-state index is 0.206. The maximum Gasteiger partial charge on any atom is 0.223 e. The number of imidazole rings is 1. The van der Waals surface area contributed by atoms with Crippen molar-refractivity contribution in [2.24, 2.45) is 0 Å². The second-order valence-corrected chi connectivity index (χ2v) is 6.38.